The van der Waals surface area contributed by atoms with Crippen LogP contribution in [0.1, 0.15) is 25.0 Å². The maximum absolute atomic E-state index is 6.07. The van der Waals surface area contributed by atoms with Crippen molar-refractivity contribution in [1.82, 2.24) is 9.38 Å². The minimum absolute atomic E-state index is 0.121. The molecule has 3 rings (SSSR count). The van der Waals surface area contributed by atoms with Crippen LogP contribution in [0.15, 0.2) is 29.0 Å². The van der Waals surface area contributed by atoms with E-state index < -0.39 is 0 Å². The van der Waals surface area contributed by atoms with Gasteiger partial charge >= 0.3 is 0 Å². The van der Waals surface area contributed by atoms with Gasteiger partial charge in [0.1, 0.15) is 5.65 Å². The van der Waals surface area contributed by atoms with E-state index in [0.29, 0.717) is 0 Å². The number of hydrogen-bond acceptors (Lipinski definition) is 2. The maximum Gasteiger partial charge on any atom is 0.137 e. The molecule has 2 aromatic rings. The van der Waals surface area contributed by atoms with Gasteiger partial charge in [-0.1, -0.05) is 0 Å². The molecule has 4 heteroatoms. The third kappa shape index (κ3) is 1.99. The number of aromatic nitrogens is 2. The third-order valence-electron chi connectivity index (χ3n) is 3.24. The number of nitrogens with zero attached hydrogens (tertiary/aromatic N) is 2. The number of fused-ring (bicyclic) bond motifs is 1. The first-order chi connectivity index (χ1) is 7.65. The molecule has 0 amide bonds. The van der Waals surface area contributed by atoms with E-state index in [2.05, 4.69) is 31.5 Å². The lowest BCUT2D eigenvalue weighted by Crippen LogP contribution is -2.22. The van der Waals surface area contributed by atoms with Gasteiger partial charge in [-0.15, -0.1) is 0 Å². The van der Waals surface area contributed by atoms with Crippen LogP contribution in [0.3, 0.4) is 0 Å². The van der Waals surface area contributed by atoms with Crippen molar-refractivity contribution in [2.75, 3.05) is 0 Å². The molecule has 0 atom stereocenters. The average molecular weight is 280 g/mol. The van der Waals surface area contributed by atoms with Crippen molar-refractivity contribution in [3.8, 4) is 0 Å². The number of imidazole rings is 1. The Labute approximate surface area is 103 Å². The summed E-state index contributed by atoms with van der Waals surface area (Å²) in [6.07, 6.45) is 8.50. The summed E-state index contributed by atoms with van der Waals surface area (Å²) in [6, 6.07) is 4.03. The Balaban J connectivity index is 1.82. The van der Waals surface area contributed by atoms with Gasteiger partial charge in [-0.05, 0) is 53.7 Å². The fourth-order valence-corrected chi connectivity index (χ4v) is 2.28. The van der Waals surface area contributed by atoms with Crippen LogP contribution in [0.5, 0.6) is 0 Å². The Morgan fingerprint density at radius 2 is 2.19 bits per heavy atom. The summed E-state index contributed by atoms with van der Waals surface area (Å²) in [7, 11) is 0. The van der Waals surface area contributed by atoms with E-state index in [1.165, 1.54) is 12.8 Å². The SMILES string of the molecule is NC1(CCc2cn3cc(Br)ccc3n2)CC1. The second-order valence-corrected chi connectivity index (χ2v) is 5.62. The maximum atomic E-state index is 6.07. The quantitative estimate of drug-likeness (QED) is 0.938. The van der Waals surface area contributed by atoms with Gasteiger partial charge in [-0.3, -0.25) is 0 Å². The molecule has 1 aliphatic rings. The van der Waals surface area contributed by atoms with E-state index in [9.17, 15) is 0 Å². The Morgan fingerprint density at radius 3 is 2.94 bits per heavy atom. The molecular weight excluding hydrogens is 266 g/mol. The first-order valence-electron chi connectivity index (χ1n) is 5.57. The number of nitrogens with two attached hydrogens (primary N) is 1. The van der Waals surface area contributed by atoms with Crippen LogP contribution in [0.4, 0.5) is 0 Å². The molecule has 0 saturated heterocycles. The topological polar surface area (TPSA) is 43.3 Å². The fraction of sp³-hybridized carbons (Fsp3) is 0.417. The minimum atomic E-state index is 0.121. The molecule has 0 bridgehead atoms. The van der Waals surface area contributed by atoms with Gasteiger partial charge in [-0.25, -0.2) is 4.98 Å². The zero-order valence-corrected chi connectivity index (χ0v) is 10.6. The Kier molecular flexibility index (Phi) is 2.30. The van der Waals surface area contributed by atoms with Gasteiger partial charge in [0, 0.05) is 22.4 Å². The van der Waals surface area contributed by atoms with Gasteiger partial charge in [0.05, 0.1) is 5.69 Å². The van der Waals surface area contributed by atoms with Crippen LogP contribution in [-0.4, -0.2) is 14.9 Å². The highest BCUT2D eigenvalue weighted by Gasteiger charge is 2.37. The standard InChI is InChI=1S/C12H14BrN3/c13-9-1-2-11-15-10(8-16(11)7-9)3-4-12(14)5-6-12/h1-2,7-8H,3-6,14H2. The highest BCUT2D eigenvalue weighted by molar-refractivity contribution is 9.10. The van der Waals surface area contributed by atoms with Crippen LogP contribution < -0.4 is 5.73 Å². The van der Waals surface area contributed by atoms with Crippen LogP contribution in [0.2, 0.25) is 0 Å². The van der Waals surface area contributed by atoms with Gasteiger partial charge in [-0.2, -0.15) is 0 Å². The molecular formula is C12H14BrN3. The first-order valence-corrected chi connectivity index (χ1v) is 6.36. The third-order valence-corrected chi connectivity index (χ3v) is 3.71. The predicted molar refractivity (Wildman–Crippen MR) is 67.4 cm³/mol. The number of halogens is 1. The lowest BCUT2D eigenvalue weighted by molar-refractivity contribution is 0.604. The van der Waals surface area contributed by atoms with Crippen LogP contribution >= 0.6 is 15.9 Å². The number of hydrogen-bond donors (Lipinski definition) is 1. The second-order valence-electron chi connectivity index (χ2n) is 4.71. The first kappa shape index (κ1) is 10.3. The van der Waals surface area contributed by atoms with E-state index in [-0.39, 0.29) is 5.54 Å². The molecule has 16 heavy (non-hydrogen) atoms. The van der Waals surface area contributed by atoms with Crippen molar-refractivity contribution < 1.29 is 0 Å². The summed E-state index contributed by atoms with van der Waals surface area (Å²) < 4.78 is 3.12. The fourth-order valence-electron chi connectivity index (χ4n) is 1.93. The van der Waals surface area contributed by atoms with Gasteiger partial charge in [0.25, 0.3) is 0 Å². The van der Waals surface area contributed by atoms with Gasteiger partial charge < -0.3 is 10.1 Å². The van der Waals surface area contributed by atoms with Gasteiger partial charge in [0.2, 0.25) is 0 Å². The summed E-state index contributed by atoms with van der Waals surface area (Å²) in [5.41, 5.74) is 8.33. The van der Waals surface area contributed by atoms with Gasteiger partial charge in [0.15, 0.2) is 0 Å². The predicted octanol–water partition coefficient (Wildman–Crippen LogP) is 2.52. The largest absolute Gasteiger partial charge is 0.325 e. The van der Waals surface area contributed by atoms with E-state index in [0.717, 1.165) is 28.7 Å². The van der Waals surface area contributed by atoms with Crippen LogP contribution in [0.25, 0.3) is 5.65 Å². The summed E-state index contributed by atoms with van der Waals surface area (Å²) in [5.74, 6) is 0. The molecule has 2 aromatic heterocycles. The smallest absolute Gasteiger partial charge is 0.137 e. The van der Waals surface area contributed by atoms with E-state index in [4.69, 9.17) is 5.73 Å². The molecule has 0 aromatic carbocycles. The highest BCUT2D eigenvalue weighted by Crippen LogP contribution is 2.36. The molecule has 0 spiro atoms. The van der Waals surface area contributed by atoms with E-state index in [1.54, 1.807) is 0 Å². The molecule has 2 N–H and O–H groups in total. The van der Waals surface area contributed by atoms with E-state index in [1.807, 2.05) is 18.3 Å². The van der Waals surface area contributed by atoms with Crippen molar-refractivity contribution in [1.29, 1.82) is 0 Å². The lowest BCUT2D eigenvalue weighted by atomic mass is 10.1. The second kappa shape index (κ2) is 3.57. The molecule has 3 nitrogen and oxygen atoms in total. The van der Waals surface area contributed by atoms with E-state index >= 15 is 0 Å². The molecule has 2 heterocycles. The normalized spacial score (nSPS) is 17.9. The zero-order chi connectivity index (χ0) is 11.2. The highest BCUT2D eigenvalue weighted by atomic mass is 79.9. The van der Waals surface area contributed by atoms with Crippen molar-refractivity contribution >= 4 is 21.6 Å². The molecule has 1 aliphatic carbocycles. The molecule has 1 saturated carbocycles. The zero-order valence-electron chi connectivity index (χ0n) is 8.99. The summed E-state index contributed by atoms with van der Waals surface area (Å²) in [6.45, 7) is 0. The monoisotopic (exact) mass is 279 g/mol. The molecule has 0 radical (unpaired) electrons. The summed E-state index contributed by atoms with van der Waals surface area (Å²) >= 11 is 3.45. The minimum Gasteiger partial charge on any atom is -0.325 e. The molecule has 84 valence electrons. The Hall–Kier alpha value is -0.870. The molecule has 0 unspecified atom stereocenters. The average Bonchev–Trinajstić information content (AvgIpc) is 2.85. The Bertz CT molecular complexity index is 528. The van der Waals surface area contributed by atoms with Crippen molar-refractivity contribution in [2.45, 2.75) is 31.2 Å². The van der Waals surface area contributed by atoms with Crippen LogP contribution in [0, 0.1) is 0 Å². The summed E-state index contributed by atoms with van der Waals surface area (Å²) in [5, 5.41) is 0. The number of aryl methyl sites for hydroxylation is 1. The summed E-state index contributed by atoms with van der Waals surface area (Å²) in [4.78, 5) is 4.57. The number of pyridine rings is 1. The molecule has 0 aliphatic heterocycles. The lowest BCUT2D eigenvalue weighted by Gasteiger charge is -2.04. The van der Waals surface area contributed by atoms with Crippen molar-refractivity contribution in [2.24, 2.45) is 5.73 Å². The van der Waals surface area contributed by atoms with Crippen molar-refractivity contribution in [3.05, 3.63) is 34.7 Å². The molecule has 1 fully saturated rings. The Morgan fingerprint density at radius 1 is 1.38 bits per heavy atom. The van der Waals surface area contributed by atoms with Crippen molar-refractivity contribution in [3.63, 3.8) is 0 Å². The number of rotatable bonds is 3. The van der Waals surface area contributed by atoms with Crippen LogP contribution in [-0.2, 0) is 6.42 Å².